The van der Waals surface area contributed by atoms with Gasteiger partial charge in [0.1, 0.15) is 16.3 Å². The quantitative estimate of drug-likeness (QED) is 0.400. The van der Waals surface area contributed by atoms with Crippen LogP contribution in [0.5, 0.6) is 17.2 Å². The molecular weight excluding hydrogens is 464 g/mol. The predicted molar refractivity (Wildman–Crippen MR) is 138 cm³/mol. The minimum atomic E-state index is 0.0684. The number of fused-ring (bicyclic) bond motifs is 1. The van der Waals surface area contributed by atoms with Crippen molar-refractivity contribution >= 4 is 33.1 Å². The van der Waals surface area contributed by atoms with Crippen LogP contribution < -0.4 is 19.1 Å². The van der Waals surface area contributed by atoms with Crippen molar-refractivity contribution in [2.45, 2.75) is 0 Å². The van der Waals surface area contributed by atoms with Crippen molar-refractivity contribution in [1.82, 2.24) is 14.7 Å². The highest BCUT2D eigenvalue weighted by atomic mass is 32.1. The zero-order valence-electron chi connectivity index (χ0n) is 20.3. The maximum atomic E-state index is 13.4. The summed E-state index contributed by atoms with van der Waals surface area (Å²) in [5.41, 5.74) is 2.88. The molecule has 5 rings (SSSR count). The molecule has 0 aliphatic carbocycles. The molecule has 0 unspecified atom stereocenters. The highest BCUT2D eigenvalue weighted by molar-refractivity contribution is 7.20. The first-order chi connectivity index (χ1) is 17.0. The van der Waals surface area contributed by atoms with E-state index in [1.165, 1.54) is 11.3 Å². The van der Waals surface area contributed by atoms with E-state index in [0.29, 0.717) is 24.6 Å². The molecule has 8 nitrogen and oxygen atoms in total. The molecule has 0 saturated carbocycles. The first-order valence-electron chi connectivity index (χ1n) is 11.4. The van der Waals surface area contributed by atoms with Gasteiger partial charge in [0.25, 0.3) is 5.91 Å². The molecule has 1 aliphatic heterocycles. The van der Waals surface area contributed by atoms with Crippen LogP contribution in [0.25, 0.3) is 21.5 Å². The van der Waals surface area contributed by atoms with Crippen LogP contribution in [-0.2, 0) is 7.05 Å². The number of hydrogen-bond donors (Lipinski definition) is 0. The summed E-state index contributed by atoms with van der Waals surface area (Å²) >= 11 is 1.49. The number of hydrogen-bond acceptors (Lipinski definition) is 7. The Bertz CT molecular complexity index is 1350. The first-order valence-corrected chi connectivity index (χ1v) is 12.2. The number of amides is 1. The van der Waals surface area contributed by atoms with Crippen LogP contribution in [0.1, 0.15) is 9.67 Å². The molecule has 1 fully saturated rings. The lowest BCUT2D eigenvalue weighted by molar-refractivity contribution is 0.0751. The maximum absolute atomic E-state index is 13.4. The Labute approximate surface area is 208 Å². The Kier molecular flexibility index (Phi) is 6.25. The topological polar surface area (TPSA) is 69.1 Å². The highest BCUT2D eigenvalue weighted by Crippen LogP contribution is 2.38. The van der Waals surface area contributed by atoms with Gasteiger partial charge in [-0.1, -0.05) is 0 Å². The molecule has 2 aromatic heterocycles. The third-order valence-electron chi connectivity index (χ3n) is 6.38. The summed E-state index contributed by atoms with van der Waals surface area (Å²) in [6.07, 6.45) is 0. The van der Waals surface area contributed by atoms with Gasteiger partial charge in [0.05, 0.1) is 26.2 Å². The molecule has 1 amide bonds. The second-order valence-electron chi connectivity index (χ2n) is 8.35. The van der Waals surface area contributed by atoms with Crippen molar-refractivity contribution in [3.05, 3.63) is 53.4 Å². The number of carbonyl (C=O) groups is 1. The SMILES string of the molecule is COc1ccc(N2CCN(C(=O)c3cc4c(-c5ccc(OC)c(OC)c5)nn(C)c4s3)CC2)cc1. The van der Waals surface area contributed by atoms with Crippen LogP contribution in [0.3, 0.4) is 0 Å². The molecule has 2 aromatic carbocycles. The number of ether oxygens (including phenoxy) is 3. The van der Waals surface area contributed by atoms with E-state index in [1.54, 1.807) is 21.3 Å². The van der Waals surface area contributed by atoms with Gasteiger partial charge < -0.3 is 24.0 Å². The van der Waals surface area contributed by atoms with Gasteiger partial charge in [0.15, 0.2) is 11.5 Å². The van der Waals surface area contributed by atoms with E-state index in [9.17, 15) is 4.79 Å². The fourth-order valence-electron chi connectivity index (χ4n) is 4.46. The Hall–Kier alpha value is -3.72. The summed E-state index contributed by atoms with van der Waals surface area (Å²) in [4.78, 5) is 19.3. The molecule has 0 radical (unpaired) electrons. The number of aromatic nitrogens is 2. The van der Waals surface area contributed by atoms with Gasteiger partial charge in [-0.2, -0.15) is 5.10 Å². The normalized spacial score (nSPS) is 13.8. The van der Waals surface area contributed by atoms with Gasteiger partial charge in [-0.25, -0.2) is 0 Å². The van der Waals surface area contributed by atoms with Crippen molar-refractivity contribution in [3.63, 3.8) is 0 Å². The number of carbonyl (C=O) groups excluding carboxylic acids is 1. The first kappa shape index (κ1) is 23.0. The average Bonchev–Trinajstić information content (AvgIpc) is 3.48. The van der Waals surface area contributed by atoms with E-state index < -0.39 is 0 Å². The van der Waals surface area contributed by atoms with E-state index in [0.717, 1.165) is 50.9 Å². The average molecular weight is 493 g/mol. The van der Waals surface area contributed by atoms with Gasteiger partial charge in [-0.05, 0) is 48.5 Å². The highest BCUT2D eigenvalue weighted by Gasteiger charge is 2.25. The Morgan fingerprint density at radius 1 is 0.886 bits per heavy atom. The van der Waals surface area contributed by atoms with Gasteiger partial charge in [-0.3, -0.25) is 9.48 Å². The summed E-state index contributed by atoms with van der Waals surface area (Å²) in [5, 5.41) is 5.67. The summed E-state index contributed by atoms with van der Waals surface area (Å²) in [7, 11) is 6.81. The number of anilines is 1. The van der Waals surface area contributed by atoms with E-state index >= 15 is 0 Å². The lowest BCUT2D eigenvalue weighted by Crippen LogP contribution is -2.48. The molecule has 1 aliphatic rings. The fourth-order valence-corrected chi connectivity index (χ4v) is 5.50. The van der Waals surface area contributed by atoms with E-state index in [4.69, 9.17) is 19.3 Å². The van der Waals surface area contributed by atoms with E-state index in [-0.39, 0.29) is 5.91 Å². The van der Waals surface area contributed by atoms with Crippen molar-refractivity contribution in [2.75, 3.05) is 52.4 Å². The summed E-state index contributed by atoms with van der Waals surface area (Å²) < 4.78 is 17.9. The summed E-state index contributed by atoms with van der Waals surface area (Å²) in [6.45, 7) is 2.95. The van der Waals surface area contributed by atoms with Gasteiger partial charge in [0.2, 0.25) is 0 Å². The summed E-state index contributed by atoms with van der Waals surface area (Å²) in [6, 6.07) is 15.8. The molecule has 0 atom stereocenters. The molecule has 9 heteroatoms. The van der Waals surface area contributed by atoms with Gasteiger partial charge in [0, 0.05) is 49.9 Å². The van der Waals surface area contributed by atoms with Gasteiger partial charge in [-0.15, -0.1) is 11.3 Å². The van der Waals surface area contributed by atoms with Crippen LogP contribution in [-0.4, -0.2) is 68.1 Å². The van der Waals surface area contributed by atoms with E-state index in [2.05, 4.69) is 17.0 Å². The molecule has 1 saturated heterocycles. The maximum Gasteiger partial charge on any atom is 0.264 e. The molecule has 0 N–H and O–H groups in total. The van der Waals surface area contributed by atoms with Crippen molar-refractivity contribution < 1.29 is 19.0 Å². The van der Waals surface area contributed by atoms with E-state index in [1.807, 2.05) is 53.0 Å². The van der Waals surface area contributed by atoms with Crippen LogP contribution in [0, 0.1) is 0 Å². The number of methoxy groups -OCH3 is 3. The number of thiophene rings is 1. The van der Waals surface area contributed by atoms with Crippen molar-refractivity contribution in [1.29, 1.82) is 0 Å². The predicted octanol–water partition coefficient (Wildman–Crippen LogP) is 4.29. The number of rotatable bonds is 6. The second-order valence-corrected chi connectivity index (χ2v) is 9.38. The number of benzene rings is 2. The zero-order valence-corrected chi connectivity index (χ0v) is 21.1. The number of piperazine rings is 1. The van der Waals surface area contributed by atoms with Crippen LogP contribution in [0.2, 0.25) is 0 Å². The van der Waals surface area contributed by atoms with Crippen molar-refractivity contribution in [2.24, 2.45) is 7.05 Å². The Morgan fingerprint density at radius 2 is 1.60 bits per heavy atom. The molecule has 4 aromatic rings. The monoisotopic (exact) mass is 492 g/mol. The number of nitrogens with zero attached hydrogens (tertiary/aromatic N) is 4. The molecule has 3 heterocycles. The summed E-state index contributed by atoms with van der Waals surface area (Å²) in [5.74, 6) is 2.22. The standard InChI is InChI=1S/C26H28N4O4S/c1-28-26-20(24(27-28)17-5-10-21(33-3)22(15-17)34-4)16-23(35-26)25(31)30-13-11-29(12-14-30)18-6-8-19(32-2)9-7-18/h5-10,15-16H,11-14H2,1-4H3. The molecule has 182 valence electrons. The smallest absolute Gasteiger partial charge is 0.264 e. The van der Waals surface area contributed by atoms with Crippen LogP contribution in [0.4, 0.5) is 5.69 Å². The lowest BCUT2D eigenvalue weighted by atomic mass is 10.1. The fraction of sp³-hybridized carbons (Fsp3) is 0.308. The van der Waals surface area contributed by atoms with Crippen LogP contribution in [0.15, 0.2) is 48.5 Å². The molecule has 35 heavy (non-hydrogen) atoms. The molecular formula is C26H28N4O4S. The molecule has 0 bridgehead atoms. The van der Waals surface area contributed by atoms with Gasteiger partial charge >= 0.3 is 0 Å². The molecule has 0 spiro atoms. The largest absolute Gasteiger partial charge is 0.497 e. The third-order valence-corrected chi connectivity index (χ3v) is 7.57. The minimum absolute atomic E-state index is 0.0684. The zero-order chi connectivity index (χ0) is 24.5. The Balaban J connectivity index is 1.35. The Morgan fingerprint density at radius 3 is 2.26 bits per heavy atom. The van der Waals surface area contributed by atoms with Crippen LogP contribution >= 0.6 is 11.3 Å². The second kappa shape index (κ2) is 9.50. The number of aryl methyl sites for hydroxylation is 1. The third kappa shape index (κ3) is 4.27. The van der Waals surface area contributed by atoms with Crippen molar-refractivity contribution in [3.8, 4) is 28.5 Å². The lowest BCUT2D eigenvalue weighted by Gasteiger charge is -2.36. The minimum Gasteiger partial charge on any atom is -0.497 e.